The van der Waals surface area contributed by atoms with E-state index in [9.17, 15) is 29.8 Å². The molecule has 0 saturated carbocycles. The second kappa shape index (κ2) is 24.6. The van der Waals surface area contributed by atoms with Crippen LogP contribution in [0.25, 0.3) is 0 Å². The van der Waals surface area contributed by atoms with Crippen molar-refractivity contribution in [2.75, 3.05) is 54.7 Å². The Hall–Kier alpha value is -4.87. The van der Waals surface area contributed by atoms with E-state index >= 15 is 13.2 Å². The normalized spacial score (nSPS) is 11.9. The van der Waals surface area contributed by atoms with Gasteiger partial charge in [0.15, 0.2) is 29.2 Å². The molecule has 0 fully saturated rings. The van der Waals surface area contributed by atoms with Crippen LogP contribution in [-0.4, -0.2) is 93.6 Å². The summed E-state index contributed by atoms with van der Waals surface area (Å²) >= 11 is 0. The van der Waals surface area contributed by atoms with Gasteiger partial charge in [-0.25, -0.2) is 18.9 Å². The number of rotatable bonds is 29. The minimum absolute atomic E-state index is 0.128. The molecule has 2 aromatic rings. The molecule has 0 spiro atoms. The zero-order valence-corrected chi connectivity index (χ0v) is 32.8. The summed E-state index contributed by atoms with van der Waals surface area (Å²) in [6.07, 6.45) is 8.99. The first-order chi connectivity index (χ1) is 26.8. The van der Waals surface area contributed by atoms with Crippen LogP contribution in [0.2, 0.25) is 0 Å². The van der Waals surface area contributed by atoms with Gasteiger partial charge < -0.3 is 28.4 Å². The van der Waals surface area contributed by atoms with Gasteiger partial charge in [-0.3, -0.25) is 20.2 Å². The third-order valence-corrected chi connectivity index (χ3v) is 9.12. The lowest BCUT2D eigenvalue weighted by atomic mass is 10.0. The van der Waals surface area contributed by atoms with E-state index in [4.69, 9.17) is 18.9 Å². The van der Waals surface area contributed by atoms with Gasteiger partial charge in [-0.1, -0.05) is 84.0 Å². The molecule has 0 amide bonds. The summed E-state index contributed by atoms with van der Waals surface area (Å²) in [4.78, 5) is 46.4. The average molecular weight is 802 g/mol. The van der Waals surface area contributed by atoms with Crippen LogP contribution in [0.15, 0.2) is 24.3 Å². The lowest BCUT2D eigenvalue weighted by molar-refractivity contribution is -0.385. The number of benzene rings is 2. The van der Waals surface area contributed by atoms with Gasteiger partial charge in [0.2, 0.25) is 0 Å². The molecule has 0 aromatic heterocycles. The number of hydrogen-bond acceptors (Lipinski definition) is 13. The predicted molar refractivity (Wildman–Crippen MR) is 200 cm³/mol. The summed E-state index contributed by atoms with van der Waals surface area (Å²) in [6, 6.07) is -0.230. The molecule has 0 heterocycles. The Labute approximate surface area is 325 Å². The van der Waals surface area contributed by atoms with Crippen LogP contribution in [0, 0.1) is 20.2 Å². The molecule has 314 valence electrons. The van der Waals surface area contributed by atoms with Crippen molar-refractivity contribution in [1.82, 2.24) is 4.90 Å². The van der Waals surface area contributed by atoms with Crippen LogP contribution in [-0.2, 0) is 9.47 Å². The molecule has 2 rings (SSSR count). The number of methoxy groups -OCH3 is 4. The first-order valence-electron chi connectivity index (χ1n) is 18.7. The van der Waals surface area contributed by atoms with Crippen LogP contribution in [0.4, 0.5) is 24.5 Å². The number of nitro groups is 2. The summed E-state index contributed by atoms with van der Waals surface area (Å²) in [5, 5.41) is 23.4. The fourth-order valence-corrected chi connectivity index (χ4v) is 5.97. The van der Waals surface area contributed by atoms with E-state index in [1.54, 1.807) is 0 Å². The highest BCUT2D eigenvalue weighted by molar-refractivity contribution is 5.95. The molecule has 15 nitrogen and oxygen atoms in total. The van der Waals surface area contributed by atoms with E-state index < -0.39 is 89.2 Å². The number of ether oxygens (including phenoxy) is 6. The molecule has 0 saturated heterocycles. The van der Waals surface area contributed by atoms with Gasteiger partial charge >= 0.3 is 18.0 Å². The maximum absolute atomic E-state index is 15.9. The lowest BCUT2D eigenvalue weighted by Gasteiger charge is -2.33. The smallest absolute Gasteiger partial charge is 0.345 e. The minimum Gasteiger partial charge on any atom is -0.493 e. The third-order valence-electron chi connectivity index (χ3n) is 9.12. The van der Waals surface area contributed by atoms with E-state index in [-0.39, 0.29) is 29.4 Å². The highest BCUT2D eigenvalue weighted by Gasteiger charge is 2.45. The van der Waals surface area contributed by atoms with E-state index in [1.807, 2.05) is 0 Å². The molecule has 18 heteroatoms. The Morgan fingerprint density at radius 2 is 1.04 bits per heavy atom. The maximum atomic E-state index is 15.9. The molecule has 1 unspecified atom stereocenters. The summed E-state index contributed by atoms with van der Waals surface area (Å²) < 4.78 is 77.9. The Bertz CT molecular complexity index is 1490. The molecule has 0 radical (unpaired) electrons. The number of unbranched alkanes of at least 4 members (excludes halogenated alkanes) is 11. The Morgan fingerprint density at radius 1 is 0.661 bits per heavy atom. The largest absolute Gasteiger partial charge is 0.493 e. The summed E-state index contributed by atoms with van der Waals surface area (Å²) in [5.74, 6) is -2.79. The number of nitro benzene ring substituents is 2. The minimum atomic E-state index is -4.04. The molecule has 0 bridgehead atoms. The Morgan fingerprint density at radius 3 is 1.38 bits per heavy atom. The number of carbonyl (C=O) groups excluding carboxylic acids is 2. The van der Waals surface area contributed by atoms with Gasteiger partial charge in [0.25, 0.3) is 11.4 Å². The van der Waals surface area contributed by atoms with Crippen molar-refractivity contribution >= 4 is 23.3 Å². The Kier molecular flexibility index (Phi) is 20.8. The standard InChI is InChI=1S/C38H54F3N3O12/c1-6-7-8-9-10-11-12-13-14-15-16-17-18-35(39)38(40,41)42(19-21-55-33-25-29(43(47)48)27(36(45)53-4)23-31(33)51-2)20-22-56-34-26-30(44(49)50)28(37(46)54-5)24-32(34)52-3/h23-26,35H,6-22H2,1-5H3. The summed E-state index contributed by atoms with van der Waals surface area (Å²) in [5.41, 5.74) is -2.23. The van der Waals surface area contributed by atoms with Gasteiger partial charge in [0, 0.05) is 25.2 Å². The van der Waals surface area contributed by atoms with Crippen LogP contribution >= 0.6 is 0 Å². The van der Waals surface area contributed by atoms with Crippen LogP contribution < -0.4 is 18.9 Å². The molecular formula is C38H54F3N3O12. The number of alkyl halides is 3. The topological polar surface area (TPSA) is 179 Å². The fourth-order valence-electron chi connectivity index (χ4n) is 5.97. The number of hydrogen-bond donors (Lipinski definition) is 0. The van der Waals surface area contributed by atoms with Gasteiger partial charge in [-0.05, 0) is 6.42 Å². The van der Waals surface area contributed by atoms with Crippen molar-refractivity contribution in [3.63, 3.8) is 0 Å². The zero-order chi connectivity index (χ0) is 41.7. The maximum Gasteiger partial charge on any atom is 0.345 e. The number of esters is 2. The first kappa shape index (κ1) is 47.3. The zero-order valence-electron chi connectivity index (χ0n) is 32.8. The second-order valence-corrected chi connectivity index (χ2v) is 13.0. The van der Waals surface area contributed by atoms with Gasteiger partial charge in [0.05, 0.1) is 50.4 Å². The monoisotopic (exact) mass is 801 g/mol. The quantitative estimate of drug-likeness (QED) is 0.0251. The SMILES string of the molecule is CCCCCCCCCCCCCCC(F)C(F)(F)N(CCOc1cc([N+](=O)[O-])c(C(=O)OC)cc1OC)CCOc1cc([N+](=O)[O-])c(C(=O)OC)cc1OC. The van der Waals surface area contributed by atoms with Crippen LogP contribution in [0.3, 0.4) is 0 Å². The summed E-state index contributed by atoms with van der Waals surface area (Å²) in [7, 11) is 4.47. The van der Waals surface area contributed by atoms with Crippen molar-refractivity contribution in [3.8, 4) is 23.0 Å². The van der Waals surface area contributed by atoms with Crippen molar-refractivity contribution in [3.05, 3.63) is 55.6 Å². The molecule has 0 aliphatic rings. The van der Waals surface area contributed by atoms with Crippen molar-refractivity contribution in [2.45, 2.75) is 103 Å². The summed E-state index contributed by atoms with van der Waals surface area (Å²) in [6.45, 7) is -0.160. The third kappa shape index (κ3) is 14.3. The van der Waals surface area contributed by atoms with Crippen molar-refractivity contribution in [1.29, 1.82) is 0 Å². The Balaban J connectivity index is 2.20. The molecule has 1 atom stereocenters. The van der Waals surface area contributed by atoms with Crippen LogP contribution in [0.1, 0.15) is 111 Å². The van der Waals surface area contributed by atoms with Gasteiger partial charge in [-0.2, -0.15) is 8.78 Å². The lowest BCUT2D eigenvalue weighted by Crippen LogP contribution is -2.51. The second-order valence-electron chi connectivity index (χ2n) is 13.0. The van der Waals surface area contributed by atoms with Crippen molar-refractivity contribution < 1.29 is 61.0 Å². The molecule has 0 N–H and O–H groups in total. The molecular weight excluding hydrogens is 747 g/mol. The highest BCUT2D eigenvalue weighted by Crippen LogP contribution is 2.37. The predicted octanol–water partition coefficient (Wildman–Crippen LogP) is 8.88. The number of halogens is 3. The average Bonchev–Trinajstić information content (AvgIpc) is 3.19. The van der Waals surface area contributed by atoms with Gasteiger partial charge in [-0.15, -0.1) is 0 Å². The van der Waals surface area contributed by atoms with Crippen LogP contribution in [0.5, 0.6) is 23.0 Å². The van der Waals surface area contributed by atoms with Crippen molar-refractivity contribution in [2.24, 2.45) is 0 Å². The van der Waals surface area contributed by atoms with E-state index in [2.05, 4.69) is 16.4 Å². The molecule has 56 heavy (non-hydrogen) atoms. The molecule has 0 aliphatic heterocycles. The highest BCUT2D eigenvalue weighted by atomic mass is 19.3. The van der Waals surface area contributed by atoms with E-state index in [0.717, 1.165) is 70.6 Å². The first-order valence-corrected chi connectivity index (χ1v) is 18.7. The molecule has 0 aliphatic carbocycles. The number of carbonyl (C=O) groups is 2. The number of nitrogens with zero attached hydrogens (tertiary/aromatic N) is 3. The van der Waals surface area contributed by atoms with Gasteiger partial charge in [0.1, 0.15) is 24.3 Å². The fraction of sp³-hybridized carbons (Fsp3) is 0.632. The van der Waals surface area contributed by atoms with E-state index in [1.165, 1.54) is 46.3 Å². The van der Waals surface area contributed by atoms with E-state index in [0.29, 0.717) is 11.3 Å². The molecule has 2 aromatic carbocycles.